The highest BCUT2D eigenvalue weighted by molar-refractivity contribution is 5.79. The normalized spacial score (nSPS) is 24.3. The molecule has 4 nitrogen and oxygen atoms in total. The fraction of sp³-hybridized carbons (Fsp3) is 0.538. The molecule has 1 amide bonds. The molecule has 2 rings (SSSR count). The number of nitrogens with one attached hydrogen (secondary N) is 1. The van der Waals surface area contributed by atoms with E-state index in [4.69, 9.17) is 5.73 Å². The molecule has 0 spiro atoms. The number of hydrogen-bond donors (Lipinski definition) is 2. The van der Waals surface area contributed by atoms with Crippen LogP contribution in [0.15, 0.2) is 24.5 Å². The maximum absolute atomic E-state index is 12.0. The van der Waals surface area contributed by atoms with Crippen molar-refractivity contribution in [2.75, 3.05) is 0 Å². The average molecular weight is 233 g/mol. The summed E-state index contributed by atoms with van der Waals surface area (Å²) in [6.45, 7) is 0.538. The molecule has 1 aromatic rings. The van der Waals surface area contributed by atoms with Crippen LogP contribution < -0.4 is 11.1 Å². The molecule has 0 radical (unpaired) electrons. The molecule has 1 saturated carbocycles. The van der Waals surface area contributed by atoms with Crippen LogP contribution in [0.3, 0.4) is 0 Å². The second kappa shape index (κ2) is 5.77. The van der Waals surface area contributed by atoms with Crippen LogP contribution in [-0.2, 0) is 11.3 Å². The summed E-state index contributed by atoms with van der Waals surface area (Å²) in [6, 6.07) is 3.85. The number of hydrogen-bond acceptors (Lipinski definition) is 3. The van der Waals surface area contributed by atoms with Crippen LogP contribution in [0.4, 0.5) is 0 Å². The maximum Gasteiger partial charge on any atom is 0.224 e. The molecule has 0 bridgehead atoms. The fourth-order valence-corrected chi connectivity index (χ4v) is 2.31. The number of nitrogens with two attached hydrogens (primary N) is 1. The molecule has 2 unspecified atom stereocenters. The summed E-state index contributed by atoms with van der Waals surface area (Å²) < 4.78 is 0. The molecular weight excluding hydrogens is 214 g/mol. The van der Waals surface area contributed by atoms with Crippen molar-refractivity contribution in [3.05, 3.63) is 30.1 Å². The summed E-state index contributed by atoms with van der Waals surface area (Å²) in [7, 11) is 0. The van der Waals surface area contributed by atoms with Gasteiger partial charge in [-0.1, -0.05) is 18.9 Å². The highest BCUT2D eigenvalue weighted by Crippen LogP contribution is 2.22. The van der Waals surface area contributed by atoms with Crippen LogP contribution in [0.25, 0.3) is 0 Å². The van der Waals surface area contributed by atoms with Gasteiger partial charge >= 0.3 is 0 Å². The van der Waals surface area contributed by atoms with Gasteiger partial charge in [-0.25, -0.2) is 0 Å². The summed E-state index contributed by atoms with van der Waals surface area (Å²) in [5, 5.41) is 2.94. The van der Waals surface area contributed by atoms with Gasteiger partial charge in [-0.2, -0.15) is 0 Å². The van der Waals surface area contributed by atoms with E-state index in [-0.39, 0.29) is 17.9 Å². The van der Waals surface area contributed by atoms with Gasteiger partial charge in [-0.3, -0.25) is 9.78 Å². The Morgan fingerprint density at radius 1 is 1.47 bits per heavy atom. The van der Waals surface area contributed by atoms with Gasteiger partial charge in [-0.15, -0.1) is 0 Å². The first kappa shape index (κ1) is 12.0. The van der Waals surface area contributed by atoms with Crippen LogP contribution in [0.2, 0.25) is 0 Å². The van der Waals surface area contributed by atoms with Gasteiger partial charge in [-0.05, 0) is 24.5 Å². The summed E-state index contributed by atoms with van der Waals surface area (Å²) in [4.78, 5) is 16.0. The second-order valence-corrected chi connectivity index (χ2v) is 4.63. The molecule has 1 heterocycles. The molecule has 92 valence electrons. The second-order valence-electron chi connectivity index (χ2n) is 4.63. The van der Waals surface area contributed by atoms with Gasteiger partial charge in [0.25, 0.3) is 0 Å². The average Bonchev–Trinajstić information content (AvgIpc) is 2.38. The minimum Gasteiger partial charge on any atom is -0.352 e. The predicted octanol–water partition coefficient (Wildman–Crippen LogP) is 1.22. The molecule has 0 aromatic carbocycles. The summed E-state index contributed by atoms with van der Waals surface area (Å²) >= 11 is 0. The summed E-state index contributed by atoms with van der Waals surface area (Å²) in [5.41, 5.74) is 6.99. The Morgan fingerprint density at radius 2 is 2.29 bits per heavy atom. The minimum absolute atomic E-state index is 0.0135. The van der Waals surface area contributed by atoms with Crippen molar-refractivity contribution >= 4 is 5.91 Å². The lowest BCUT2D eigenvalue weighted by Gasteiger charge is -2.27. The Balaban J connectivity index is 1.84. The van der Waals surface area contributed by atoms with E-state index < -0.39 is 0 Å². The number of carbonyl (C=O) groups excluding carboxylic acids is 1. The lowest BCUT2D eigenvalue weighted by molar-refractivity contribution is -0.126. The summed E-state index contributed by atoms with van der Waals surface area (Å²) in [5.74, 6) is 0.0708. The smallest absolute Gasteiger partial charge is 0.224 e. The molecule has 17 heavy (non-hydrogen) atoms. The van der Waals surface area contributed by atoms with Gasteiger partial charge in [0, 0.05) is 25.0 Å². The Morgan fingerprint density at radius 3 is 3.00 bits per heavy atom. The third kappa shape index (κ3) is 3.27. The Bertz CT molecular complexity index is 366. The predicted molar refractivity (Wildman–Crippen MR) is 66.0 cm³/mol. The molecule has 1 aliphatic carbocycles. The van der Waals surface area contributed by atoms with Crippen LogP contribution in [0.5, 0.6) is 0 Å². The van der Waals surface area contributed by atoms with E-state index in [2.05, 4.69) is 10.3 Å². The van der Waals surface area contributed by atoms with Gasteiger partial charge in [0.1, 0.15) is 0 Å². The van der Waals surface area contributed by atoms with Crippen molar-refractivity contribution in [3.63, 3.8) is 0 Å². The first-order chi connectivity index (χ1) is 8.27. The quantitative estimate of drug-likeness (QED) is 0.824. The standard InChI is InChI=1S/C13H19N3O/c14-12-6-2-1-5-11(12)13(17)16-9-10-4-3-7-15-8-10/h3-4,7-8,11-12H,1-2,5-6,9,14H2,(H,16,17). The van der Waals surface area contributed by atoms with Crippen molar-refractivity contribution in [2.24, 2.45) is 11.7 Å². The zero-order valence-corrected chi connectivity index (χ0v) is 9.93. The van der Waals surface area contributed by atoms with Crippen molar-refractivity contribution in [1.29, 1.82) is 0 Å². The largest absolute Gasteiger partial charge is 0.352 e. The third-order valence-corrected chi connectivity index (χ3v) is 3.35. The Labute approximate surface area is 102 Å². The van der Waals surface area contributed by atoms with Gasteiger partial charge < -0.3 is 11.1 Å². The summed E-state index contributed by atoms with van der Waals surface area (Å²) in [6.07, 6.45) is 7.63. The lowest BCUT2D eigenvalue weighted by atomic mass is 9.84. The van der Waals surface area contributed by atoms with Gasteiger partial charge in [0.05, 0.1) is 5.92 Å². The number of pyridine rings is 1. The van der Waals surface area contributed by atoms with Crippen molar-refractivity contribution in [3.8, 4) is 0 Å². The zero-order valence-electron chi connectivity index (χ0n) is 9.93. The Kier molecular flexibility index (Phi) is 4.09. The first-order valence-corrected chi connectivity index (χ1v) is 6.19. The van der Waals surface area contributed by atoms with E-state index in [1.165, 1.54) is 0 Å². The van der Waals surface area contributed by atoms with Crippen molar-refractivity contribution in [2.45, 2.75) is 38.3 Å². The Hall–Kier alpha value is -1.42. The van der Waals surface area contributed by atoms with Crippen LogP contribution in [0.1, 0.15) is 31.2 Å². The minimum atomic E-state index is -0.0135. The lowest BCUT2D eigenvalue weighted by Crippen LogP contribution is -2.43. The maximum atomic E-state index is 12.0. The molecule has 0 saturated heterocycles. The van der Waals surface area contributed by atoms with Crippen molar-refractivity contribution in [1.82, 2.24) is 10.3 Å². The topological polar surface area (TPSA) is 68.0 Å². The number of amides is 1. The van der Waals surface area contributed by atoms with Crippen LogP contribution >= 0.6 is 0 Å². The molecule has 4 heteroatoms. The van der Waals surface area contributed by atoms with E-state index in [0.29, 0.717) is 6.54 Å². The van der Waals surface area contributed by atoms with Gasteiger partial charge in [0.2, 0.25) is 5.91 Å². The molecular formula is C13H19N3O. The molecule has 1 fully saturated rings. The molecule has 1 aliphatic rings. The van der Waals surface area contributed by atoms with E-state index in [9.17, 15) is 4.79 Å². The molecule has 3 N–H and O–H groups in total. The molecule has 0 aliphatic heterocycles. The van der Waals surface area contributed by atoms with E-state index >= 15 is 0 Å². The van der Waals surface area contributed by atoms with Gasteiger partial charge in [0.15, 0.2) is 0 Å². The van der Waals surface area contributed by atoms with Crippen molar-refractivity contribution < 1.29 is 4.79 Å². The van der Waals surface area contributed by atoms with E-state index in [1.807, 2.05) is 12.1 Å². The number of aromatic nitrogens is 1. The van der Waals surface area contributed by atoms with Crippen LogP contribution in [0, 0.1) is 5.92 Å². The first-order valence-electron chi connectivity index (χ1n) is 6.19. The number of carbonyl (C=O) groups is 1. The SMILES string of the molecule is NC1CCCCC1C(=O)NCc1cccnc1. The highest BCUT2D eigenvalue weighted by atomic mass is 16.1. The van der Waals surface area contributed by atoms with Crippen LogP contribution in [-0.4, -0.2) is 16.9 Å². The zero-order chi connectivity index (χ0) is 12.1. The highest BCUT2D eigenvalue weighted by Gasteiger charge is 2.27. The van der Waals surface area contributed by atoms with E-state index in [0.717, 1.165) is 31.2 Å². The monoisotopic (exact) mass is 233 g/mol. The number of nitrogens with zero attached hydrogens (tertiary/aromatic N) is 1. The third-order valence-electron chi connectivity index (χ3n) is 3.35. The number of rotatable bonds is 3. The molecule has 2 atom stereocenters. The fourth-order valence-electron chi connectivity index (χ4n) is 2.31. The van der Waals surface area contributed by atoms with E-state index in [1.54, 1.807) is 12.4 Å². The molecule has 1 aromatic heterocycles.